The van der Waals surface area contributed by atoms with Crippen LogP contribution in [0, 0.1) is 0 Å². The van der Waals surface area contributed by atoms with Gasteiger partial charge in [0, 0.05) is 17.3 Å². The van der Waals surface area contributed by atoms with Gasteiger partial charge in [0.1, 0.15) is 0 Å². The average Bonchev–Trinajstić information content (AvgIpc) is 3.11. The summed E-state index contributed by atoms with van der Waals surface area (Å²) in [4.78, 5) is 0. The van der Waals surface area contributed by atoms with E-state index in [1.54, 1.807) is 5.69 Å². The van der Waals surface area contributed by atoms with Gasteiger partial charge in [-0.05, 0) is 43.2 Å². The molecule has 1 saturated carbocycles. The first-order chi connectivity index (χ1) is 8.40. The summed E-state index contributed by atoms with van der Waals surface area (Å²) >= 11 is 0. The number of aromatic nitrogens is 1. The lowest BCUT2D eigenvalue weighted by Crippen LogP contribution is -2.00. The molecule has 1 aromatic heterocycles. The van der Waals surface area contributed by atoms with Gasteiger partial charge in [-0.25, -0.2) is 0 Å². The van der Waals surface area contributed by atoms with Crippen LogP contribution in [0.25, 0.3) is 10.9 Å². The van der Waals surface area contributed by atoms with E-state index in [1.165, 1.54) is 49.4 Å². The maximum absolute atomic E-state index is 2.60. The van der Waals surface area contributed by atoms with Crippen molar-refractivity contribution in [3.8, 4) is 0 Å². The van der Waals surface area contributed by atoms with E-state index < -0.39 is 0 Å². The number of fused-ring (bicyclic) bond motifs is 1. The molecule has 1 heteroatoms. The molecule has 1 aliphatic rings. The third kappa shape index (κ3) is 2.11. The maximum atomic E-state index is 2.60. The van der Waals surface area contributed by atoms with E-state index in [0.717, 1.165) is 6.04 Å². The first-order valence-electron chi connectivity index (χ1n) is 6.99. The lowest BCUT2D eigenvalue weighted by molar-refractivity contribution is 0.658. The Kier molecular flexibility index (Phi) is 2.92. The highest BCUT2D eigenvalue weighted by Gasteiger charge is 2.26. The van der Waals surface area contributed by atoms with Crippen LogP contribution < -0.4 is 0 Å². The van der Waals surface area contributed by atoms with Crippen LogP contribution in [0.4, 0.5) is 0 Å². The van der Waals surface area contributed by atoms with E-state index in [-0.39, 0.29) is 0 Å². The number of aryl methyl sites for hydroxylation is 1. The fourth-order valence-corrected chi connectivity index (χ4v) is 2.75. The van der Waals surface area contributed by atoms with Crippen LogP contribution in [0.2, 0.25) is 0 Å². The molecule has 2 aromatic rings. The summed E-state index contributed by atoms with van der Waals surface area (Å²) in [5.41, 5.74) is 3.00. The molecule has 3 rings (SSSR count). The number of rotatable bonds is 5. The van der Waals surface area contributed by atoms with Gasteiger partial charge in [-0.1, -0.05) is 38.0 Å². The van der Waals surface area contributed by atoms with Crippen molar-refractivity contribution < 1.29 is 0 Å². The maximum Gasteiger partial charge on any atom is 0.0485 e. The van der Waals surface area contributed by atoms with Crippen molar-refractivity contribution in [1.29, 1.82) is 0 Å². The van der Waals surface area contributed by atoms with Crippen LogP contribution in [0.1, 0.15) is 50.8 Å². The summed E-state index contributed by atoms with van der Waals surface area (Å²) in [6, 6.07) is 12.0. The number of nitrogens with zero attached hydrogens (tertiary/aromatic N) is 1. The Hall–Kier alpha value is -1.24. The number of unbranched alkanes of at least 4 members (excludes halogenated alkanes) is 2. The molecule has 0 unspecified atom stereocenters. The van der Waals surface area contributed by atoms with Crippen molar-refractivity contribution >= 4 is 10.9 Å². The Labute approximate surface area is 103 Å². The Balaban J connectivity index is 1.95. The zero-order valence-corrected chi connectivity index (χ0v) is 10.7. The fourth-order valence-electron chi connectivity index (χ4n) is 2.75. The second-order valence-electron chi connectivity index (χ2n) is 5.25. The molecule has 1 aromatic carbocycles. The largest absolute Gasteiger partial charge is 0.342 e. The first-order valence-corrected chi connectivity index (χ1v) is 6.99. The number of hydrogen-bond donors (Lipinski definition) is 0. The highest BCUT2D eigenvalue weighted by atomic mass is 15.1. The van der Waals surface area contributed by atoms with E-state index >= 15 is 0 Å². The van der Waals surface area contributed by atoms with Gasteiger partial charge < -0.3 is 4.57 Å². The van der Waals surface area contributed by atoms with E-state index in [1.807, 2.05) is 0 Å². The third-order valence-electron chi connectivity index (χ3n) is 3.78. The number of benzene rings is 1. The van der Waals surface area contributed by atoms with Crippen LogP contribution in [0.3, 0.4) is 0 Å². The van der Waals surface area contributed by atoms with Crippen LogP contribution in [0.15, 0.2) is 30.3 Å². The zero-order chi connectivity index (χ0) is 11.7. The standard InChI is InChI=1S/C16H21N/c1-2-3-4-8-15-12-13-7-5-6-9-16(13)17(15)14-10-11-14/h5-7,9,12,14H,2-4,8,10-11H2,1H3. The quantitative estimate of drug-likeness (QED) is 0.652. The minimum Gasteiger partial charge on any atom is -0.342 e. The molecule has 1 heterocycles. The SMILES string of the molecule is CCCCCc1cc2ccccc2n1C1CC1. The van der Waals surface area contributed by atoms with Gasteiger partial charge >= 0.3 is 0 Å². The zero-order valence-electron chi connectivity index (χ0n) is 10.7. The summed E-state index contributed by atoms with van der Waals surface area (Å²) in [6.07, 6.45) is 7.99. The summed E-state index contributed by atoms with van der Waals surface area (Å²) in [5, 5.41) is 1.42. The molecule has 0 aliphatic heterocycles. The smallest absolute Gasteiger partial charge is 0.0485 e. The predicted octanol–water partition coefficient (Wildman–Crippen LogP) is 4.71. The van der Waals surface area contributed by atoms with Gasteiger partial charge in [0.05, 0.1) is 0 Å². The normalized spacial score (nSPS) is 15.6. The Morgan fingerprint density at radius 2 is 2.00 bits per heavy atom. The van der Waals surface area contributed by atoms with Crippen molar-refractivity contribution in [1.82, 2.24) is 4.57 Å². The third-order valence-corrected chi connectivity index (χ3v) is 3.78. The molecule has 0 N–H and O–H groups in total. The van der Waals surface area contributed by atoms with Crippen molar-refractivity contribution in [3.63, 3.8) is 0 Å². The fraction of sp³-hybridized carbons (Fsp3) is 0.500. The van der Waals surface area contributed by atoms with Crippen LogP contribution >= 0.6 is 0 Å². The summed E-state index contributed by atoms with van der Waals surface area (Å²) in [5.74, 6) is 0. The summed E-state index contributed by atoms with van der Waals surface area (Å²) < 4.78 is 2.60. The Morgan fingerprint density at radius 3 is 2.76 bits per heavy atom. The van der Waals surface area contributed by atoms with E-state index in [0.29, 0.717) is 0 Å². The van der Waals surface area contributed by atoms with Crippen molar-refractivity contribution in [2.45, 2.75) is 51.5 Å². The van der Waals surface area contributed by atoms with Gasteiger partial charge in [0.15, 0.2) is 0 Å². The second kappa shape index (κ2) is 4.56. The van der Waals surface area contributed by atoms with Gasteiger partial charge in [-0.15, -0.1) is 0 Å². The molecular formula is C16H21N. The molecule has 0 bridgehead atoms. The predicted molar refractivity (Wildman–Crippen MR) is 73.4 cm³/mol. The second-order valence-corrected chi connectivity index (χ2v) is 5.25. The van der Waals surface area contributed by atoms with E-state index in [4.69, 9.17) is 0 Å². The van der Waals surface area contributed by atoms with Crippen molar-refractivity contribution in [2.75, 3.05) is 0 Å². The lowest BCUT2D eigenvalue weighted by Gasteiger charge is -2.09. The molecule has 1 aliphatic carbocycles. The number of para-hydroxylation sites is 1. The topological polar surface area (TPSA) is 4.93 Å². The van der Waals surface area contributed by atoms with Crippen molar-refractivity contribution in [3.05, 3.63) is 36.0 Å². The minimum atomic E-state index is 0.798. The molecule has 0 atom stereocenters. The van der Waals surface area contributed by atoms with Gasteiger partial charge in [-0.2, -0.15) is 0 Å². The molecule has 1 nitrogen and oxygen atoms in total. The number of hydrogen-bond acceptors (Lipinski definition) is 0. The molecule has 0 amide bonds. The molecule has 1 fully saturated rings. The van der Waals surface area contributed by atoms with Gasteiger partial charge in [-0.3, -0.25) is 0 Å². The summed E-state index contributed by atoms with van der Waals surface area (Å²) in [7, 11) is 0. The minimum absolute atomic E-state index is 0.798. The molecule has 17 heavy (non-hydrogen) atoms. The van der Waals surface area contributed by atoms with E-state index in [2.05, 4.69) is 41.8 Å². The molecule has 90 valence electrons. The first kappa shape index (κ1) is 10.9. The van der Waals surface area contributed by atoms with Crippen LogP contribution in [-0.4, -0.2) is 4.57 Å². The molecular weight excluding hydrogens is 206 g/mol. The van der Waals surface area contributed by atoms with Gasteiger partial charge in [0.2, 0.25) is 0 Å². The molecule has 0 saturated heterocycles. The van der Waals surface area contributed by atoms with Crippen LogP contribution in [0.5, 0.6) is 0 Å². The van der Waals surface area contributed by atoms with E-state index in [9.17, 15) is 0 Å². The monoisotopic (exact) mass is 227 g/mol. The average molecular weight is 227 g/mol. The van der Waals surface area contributed by atoms with Crippen molar-refractivity contribution in [2.24, 2.45) is 0 Å². The highest BCUT2D eigenvalue weighted by Crippen LogP contribution is 2.39. The van der Waals surface area contributed by atoms with Crippen LogP contribution in [-0.2, 0) is 6.42 Å². The Bertz CT molecular complexity index is 505. The molecule has 0 spiro atoms. The Morgan fingerprint density at radius 1 is 1.18 bits per heavy atom. The summed E-state index contributed by atoms with van der Waals surface area (Å²) in [6.45, 7) is 2.27. The van der Waals surface area contributed by atoms with Gasteiger partial charge in [0.25, 0.3) is 0 Å². The highest BCUT2D eigenvalue weighted by molar-refractivity contribution is 5.81. The molecule has 0 radical (unpaired) electrons. The lowest BCUT2D eigenvalue weighted by atomic mass is 10.1.